The Morgan fingerprint density at radius 1 is 1.10 bits per heavy atom. The number of aromatic nitrogens is 2. The van der Waals surface area contributed by atoms with Crippen molar-refractivity contribution in [2.24, 2.45) is 11.1 Å². The van der Waals surface area contributed by atoms with Crippen molar-refractivity contribution in [2.45, 2.75) is 39.5 Å². The van der Waals surface area contributed by atoms with Crippen molar-refractivity contribution in [3.8, 4) is 11.3 Å². The third kappa shape index (κ3) is 5.52. The van der Waals surface area contributed by atoms with Crippen LogP contribution in [0.5, 0.6) is 0 Å². The first kappa shape index (κ1) is 22.1. The van der Waals surface area contributed by atoms with E-state index in [1.807, 2.05) is 30.5 Å². The van der Waals surface area contributed by atoms with Gasteiger partial charge in [0.05, 0.1) is 11.7 Å². The Bertz CT molecular complexity index is 947. The molecule has 3 aromatic rings. The van der Waals surface area contributed by atoms with E-state index in [1.165, 1.54) is 12.1 Å². The molecule has 1 heterocycles. The average molecular weight is 413 g/mol. The highest BCUT2D eigenvalue weighted by molar-refractivity contribution is 5.58. The standard InChI is InChI=1S/C24H30F2N4/c1-24(2,3)22(28-14-20(26)13-27)23-29-21(18-10-7-11-19(25)12-18)16-30(23)15-17-8-5-4-6-9-17/h4-12,16,20,22,28H,13-15,27H2,1-3H3/t20-,22+/m1/s1. The van der Waals surface area contributed by atoms with Gasteiger partial charge in [-0.15, -0.1) is 0 Å². The average Bonchev–Trinajstić information content (AvgIpc) is 3.11. The Morgan fingerprint density at radius 2 is 1.83 bits per heavy atom. The number of hydrogen-bond acceptors (Lipinski definition) is 3. The normalized spacial score (nSPS) is 13.9. The SMILES string of the molecule is CC(C)(C)[C@@H](NC[C@H](F)CN)c1nc(-c2cccc(F)c2)cn1Cc1ccccc1. The monoisotopic (exact) mass is 412 g/mol. The highest BCUT2D eigenvalue weighted by Gasteiger charge is 2.31. The van der Waals surface area contributed by atoms with Gasteiger partial charge in [-0.05, 0) is 23.1 Å². The van der Waals surface area contributed by atoms with Crippen molar-refractivity contribution in [3.63, 3.8) is 0 Å². The second kappa shape index (κ2) is 9.49. The van der Waals surface area contributed by atoms with Gasteiger partial charge in [0.15, 0.2) is 0 Å². The van der Waals surface area contributed by atoms with E-state index in [4.69, 9.17) is 10.7 Å². The molecule has 0 bridgehead atoms. The van der Waals surface area contributed by atoms with Gasteiger partial charge in [0.2, 0.25) is 0 Å². The summed E-state index contributed by atoms with van der Waals surface area (Å²) in [5, 5.41) is 3.32. The van der Waals surface area contributed by atoms with Crippen LogP contribution in [0.4, 0.5) is 8.78 Å². The van der Waals surface area contributed by atoms with Crippen LogP contribution in [0.2, 0.25) is 0 Å². The van der Waals surface area contributed by atoms with Crippen LogP contribution in [-0.2, 0) is 6.54 Å². The molecule has 6 heteroatoms. The fourth-order valence-corrected chi connectivity index (χ4v) is 3.47. The van der Waals surface area contributed by atoms with Gasteiger partial charge in [-0.2, -0.15) is 0 Å². The van der Waals surface area contributed by atoms with Gasteiger partial charge in [0, 0.05) is 31.4 Å². The summed E-state index contributed by atoms with van der Waals surface area (Å²) in [7, 11) is 0. The maximum absolute atomic E-state index is 13.9. The molecule has 0 aliphatic heterocycles. The quantitative estimate of drug-likeness (QED) is 0.563. The first-order valence-electron chi connectivity index (χ1n) is 10.2. The van der Waals surface area contributed by atoms with Gasteiger partial charge in [-0.1, -0.05) is 63.2 Å². The van der Waals surface area contributed by atoms with Crippen LogP contribution >= 0.6 is 0 Å². The summed E-state index contributed by atoms with van der Waals surface area (Å²) in [6.45, 7) is 6.99. The number of imidazole rings is 1. The van der Waals surface area contributed by atoms with Crippen molar-refractivity contribution in [1.82, 2.24) is 14.9 Å². The number of nitrogens with one attached hydrogen (secondary N) is 1. The van der Waals surface area contributed by atoms with Crippen molar-refractivity contribution >= 4 is 0 Å². The molecule has 1 aromatic heterocycles. The maximum Gasteiger partial charge on any atom is 0.127 e. The molecule has 0 amide bonds. The van der Waals surface area contributed by atoms with Crippen LogP contribution in [0.25, 0.3) is 11.3 Å². The number of nitrogens with two attached hydrogens (primary N) is 1. The molecule has 3 N–H and O–H groups in total. The number of rotatable bonds is 8. The molecule has 3 rings (SSSR count). The van der Waals surface area contributed by atoms with E-state index in [1.54, 1.807) is 6.07 Å². The molecule has 4 nitrogen and oxygen atoms in total. The highest BCUT2D eigenvalue weighted by Crippen LogP contribution is 2.34. The lowest BCUT2D eigenvalue weighted by molar-refractivity contribution is 0.227. The smallest absolute Gasteiger partial charge is 0.127 e. The van der Waals surface area contributed by atoms with Crippen LogP contribution in [0.15, 0.2) is 60.8 Å². The fourth-order valence-electron chi connectivity index (χ4n) is 3.47. The third-order valence-electron chi connectivity index (χ3n) is 5.05. The summed E-state index contributed by atoms with van der Waals surface area (Å²) in [6, 6.07) is 16.3. The molecule has 0 radical (unpaired) electrons. The Kier molecular flexibility index (Phi) is 7.00. The Morgan fingerprint density at radius 3 is 2.47 bits per heavy atom. The lowest BCUT2D eigenvalue weighted by Gasteiger charge is -2.32. The number of hydrogen-bond donors (Lipinski definition) is 2. The molecule has 0 unspecified atom stereocenters. The predicted molar refractivity (Wildman–Crippen MR) is 117 cm³/mol. The minimum absolute atomic E-state index is 0.0309. The molecule has 0 saturated carbocycles. The largest absolute Gasteiger partial charge is 0.329 e. The molecule has 0 aliphatic carbocycles. The number of benzene rings is 2. The van der Waals surface area contributed by atoms with Crippen LogP contribution in [0, 0.1) is 11.2 Å². The second-order valence-electron chi connectivity index (χ2n) is 8.65. The van der Waals surface area contributed by atoms with Gasteiger partial charge in [0.25, 0.3) is 0 Å². The summed E-state index contributed by atoms with van der Waals surface area (Å²) >= 11 is 0. The van der Waals surface area contributed by atoms with E-state index in [2.05, 4.69) is 42.8 Å². The third-order valence-corrected chi connectivity index (χ3v) is 5.05. The first-order chi connectivity index (χ1) is 14.3. The Hall–Kier alpha value is -2.57. The number of nitrogens with zero attached hydrogens (tertiary/aromatic N) is 2. The molecular formula is C24H30F2N4. The molecule has 2 atom stereocenters. The summed E-state index contributed by atoms with van der Waals surface area (Å²) in [5.74, 6) is 0.482. The fraction of sp³-hybridized carbons (Fsp3) is 0.375. The molecule has 160 valence electrons. The molecular weight excluding hydrogens is 382 g/mol. The molecule has 0 fully saturated rings. The zero-order chi connectivity index (χ0) is 21.7. The minimum Gasteiger partial charge on any atom is -0.329 e. The summed E-state index contributed by atoms with van der Waals surface area (Å²) in [4.78, 5) is 4.87. The van der Waals surface area contributed by atoms with E-state index in [9.17, 15) is 8.78 Å². The van der Waals surface area contributed by atoms with Crippen molar-refractivity contribution < 1.29 is 8.78 Å². The molecule has 0 spiro atoms. The van der Waals surface area contributed by atoms with E-state index < -0.39 is 6.17 Å². The van der Waals surface area contributed by atoms with E-state index in [0.29, 0.717) is 17.8 Å². The van der Waals surface area contributed by atoms with E-state index in [0.717, 1.165) is 11.4 Å². The summed E-state index contributed by atoms with van der Waals surface area (Å²) < 4.78 is 29.8. The minimum atomic E-state index is -1.13. The maximum atomic E-state index is 13.9. The van der Waals surface area contributed by atoms with Gasteiger partial charge < -0.3 is 15.6 Å². The van der Waals surface area contributed by atoms with Crippen LogP contribution in [0.3, 0.4) is 0 Å². The summed E-state index contributed by atoms with van der Waals surface area (Å²) in [5.41, 5.74) is 7.75. The predicted octanol–water partition coefficient (Wildman–Crippen LogP) is 4.71. The highest BCUT2D eigenvalue weighted by atomic mass is 19.1. The van der Waals surface area contributed by atoms with Crippen molar-refractivity contribution in [1.29, 1.82) is 0 Å². The molecule has 2 aromatic carbocycles. The molecule has 0 saturated heterocycles. The first-order valence-corrected chi connectivity index (χ1v) is 10.2. The van der Waals surface area contributed by atoms with Crippen molar-refractivity contribution in [3.05, 3.63) is 78.0 Å². The number of alkyl halides is 1. The summed E-state index contributed by atoms with van der Waals surface area (Å²) in [6.07, 6.45) is 0.808. The second-order valence-corrected chi connectivity index (χ2v) is 8.65. The van der Waals surface area contributed by atoms with Gasteiger partial charge in [0.1, 0.15) is 17.8 Å². The lowest BCUT2D eigenvalue weighted by atomic mass is 9.86. The van der Waals surface area contributed by atoms with Crippen molar-refractivity contribution in [2.75, 3.05) is 13.1 Å². The Balaban J connectivity index is 2.04. The van der Waals surface area contributed by atoms with Gasteiger partial charge >= 0.3 is 0 Å². The zero-order valence-electron chi connectivity index (χ0n) is 17.8. The van der Waals surface area contributed by atoms with Gasteiger partial charge in [-0.3, -0.25) is 0 Å². The molecule has 0 aliphatic rings. The van der Waals surface area contributed by atoms with E-state index >= 15 is 0 Å². The lowest BCUT2D eigenvalue weighted by Crippen LogP contribution is -2.39. The number of halogens is 2. The van der Waals surface area contributed by atoms with E-state index in [-0.39, 0.29) is 30.4 Å². The topological polar surface area (TPSA) is 55.9 Å². The van der Waals surface area contributed by atoms with Crippen LogP contribution in [-0.4, -0.2) is 28.8 Å². The molecule has 30 heavy (non-hydrogen) atoms. The van der Waals surface area contributed by atoms with Crippen LogP contribution < -0.4 is 11.1 Å². The van der Waals surface area contributed by atoms with Gasteiger partial charge in [-0.25, -0.2) is 13.8 Å². The van der Waals surface area contributed by atoms with Crippen LogP contribution in [0.1, 0.15) is 38.2 Å². The zero-order valence-corrected chi connectivity index (χ0v) is 17.8. The Labute approximate surface area is 177 Å².